The van der Waals surface area contributed by atoms with Gasteiger partial charge in [0.2, 0.25) is 10.0 Å². The smallest absolute Gasteiger partial charge is 0.329 e. The number of carbonyl (C=O) groups is 1. The molecule has 7 nitrogen and oxygen atoms in total. The standard InChI is InChI=1S/C12H13N3O4S/c1-12(11(16)17,9-5-3-2-4-6-9)15-20(18,19)10-7-13-14-8-10/h2-8,15H,1H3,(H,13,14)(H,16,17). The van der Waals surface area contributed by atoms with E-state index in [9.17, 15) is 18.3 Å². The van der Waals surface area contributed by atoms with Crippen LogP contribution in [0.4, 0.5) is 0 Å². The van der Waals surface area contributed by atoms with Gasteiger partial charge in [-0.25, -0.2) is 13.2 Å². The topological polar surface area (TPSA) is 112 Å². The molecule has 0 aliphatic heterocycles. The summed E-state index contributed by atoms with van der Waals surface area (Å²) >= 11 is 0. The first-order valence-electron chi connectivity index (χ1n) is 5.68. The van der Waals surface area contributed by atoms with Gasteiger partial charge in [-0.2, -0.15) is 9.82 Å². The average molecular weight is 295 g/mol. The zero-order valence-electron chi connectivity index (χ0n) is 10.6. The van der Waals surface area contributed by atoms with Crippen molar-refractivity contribution in [2.45, 2.75) is 17.4 Å². The highest BCUT2D eigenvalue weighted by Crippen LogP contribution is 2.23. The molecule has 0 radical (unpaired) electrons. The molecule has 1 unspecified atom stereocenters. The molecule has 2 aromatic rings. The van der Waals surface area contributed by atoms with Crippen LogP contribution < -0.4 is 4.72 Å². The number of benzene rings is 1. The zero-order chi connectivity index (χ0) is 14.8. The molecule has 8 heteroatoms. The van der Waals surface area contributed by atoms with E-state index in [2.05, 4.69) is 14.9 Å². The van der Waals surface area contributed by atoms with Gasteiger partial charge in [-0.15, -0.1) is 0 Å². The Morgan fingerprint density at radius 2 is 2.00 bits per heavy atom. The molecule has 20 heavy (non-hydrogen) atoms. The SMILES string of the molecule is CC(NS(=O)(=O)c1cn[nH]c1)(C(=O)O)c1ccccc1. The number of hydrogen-bond donors (Lipinski definition) is 3. The quantitative estimate of drug-likeness (QED) is 0.751. The Labute approximate surface area is 115 Å². The van der Waals surface area contributed by atoms with Crippen molar-refractivity contribution in [3.05, 3.63) is 48.3 Å². The van der Waals surface area contributed by atoms with Crippen LogP contribution >= 0.6 is 0 Å². The number of aliphatic carboxylic acids is 1. The number of sulfonamides is 1. The van der Waals surface area contributed by atoms with Gasteiger partial charge in [0.25, 0.3) is 0 Å². The van der Waals surface area contributed by atoms with Crippen LogP contribution in [0.25, 0.3) is 0 Å². The lowest BCUT2D eigenvalue weighted by Gasteiger charge is -2.26. The number of nitrogens with zero attached hydrogens (tertiary/aromatic N) is 1. The lowest BCUT2D eigenvalue weighted by molar-refractivity contribution is -0.143. The third-order valence-electron chi connectivity index (χ3n) is 2.90. The summed E-state index contributed by atoms with van der Waals surface area (Å²) in [6, 6.07) is 8.10. The Bertz CT molecular complexity index is 698. The van der Waals surface area contributed by atoms with Crippen molar-refractivity contribution >= 4 is 16.0 Å². The molecule has 0 bridgehead atoms. The maximum Gasteiger partial charge on any atom is 0.329 e. The van der Waals surface area contributed by atoms with E-state index in [4.69, 9.17) is 0 Å². The minimum absolute atomic E-state index is 0.124. The van der Waals surface area contributed by atoms with Gasteiger partial charge in [-0.1, -0.05) is 30.3 Å². The summed E-state index contributed by atoms with van der Waals surface area (Å²) in [4.78, 5) is 11.4. The molecule has 0 spiro atoms. The van der Waals surface area contributed by atoms with Crippen LogP contribution in [0, 0.1) is 0 Å². The van der Waals surface area contributed by atoms with Gasteiger partial charge in [0.05, 0.1) is 6.20 Å². The minimum atomic E-state index is -3.99. The van der Waals surface area contributed by atoms with Crippen molar-refractivity contribution in [2.24, 2.45) is 0 Å². The van der Waals surface area contributed by atoms with Crippen molar-refractivity contribution in [3.63, 3.8) is 0 Å². The van der Waals surface area contributed by atoms with E-state index in [0.29, 0.717) is 5.56 Å². The number of rotatable bonds is 5. The van der Waals surface area contributed by atoms with Crippen molar-refractivity contribution in [1.29, 1.82) is 0 Å². The van der Waals surface area contributed by atoms with E-state index in [1.807, 2.05) is 0 Å². The Morgan fingerprint density at radius 1 is 1.35 bits per heavy atom. The minimum Gasteiger partial charge on any atom is -0.480 e. The van der Waals surface area contributed by atoms with Gasteiger partial charge in [0.1, 0.15) is 4.90 Å². The van der Waals surface area contributed by atoms with E-state index < -0.39 is 21.5 Å². The number of hydrogen-bond acceptors (Lipinski definition) is 4. The predicted octanol–water partition coefficient (Wildman–Crippen LogP) is 0.688. The lowest BCUT2D eigenvalue weighted by atomic mass is 9.94. The summed E-state index contributed by atoms with van der Waals surface area (Å²) < 4.78 is 26.5. The number of aromatic nitrogens is 2. The number of carboxylic acid groups (broad SMARTS) is 1. The van der Waals surface area contributed by atoms with Crippen molar-refractivity contribution < 1.29 is 18.3 Å². The Morgan fingerprint density at radius 3 is 2.50 bits per heavy atom. The monoisotopic (exact) mass is 295 g/mol. The Balaban J connectivity index is 2.44. The normalized spacial score (nSPS) is 14.7. The van der Waals surface area contributed by atoms with Gasteiger partial charge in [0, 0.05) is 6.20 Å². The summed E-state index contributed by atoms with van der Waals surface area (Å²) in [5, 5.41) is 15.3. The van der Waals surface area contributed by atoms with Crippen molar-refractivity contribution in [2.75, 3.05) is 0 Å². The molecule has 0 saturated heterocycles. The number of H-pyrrole nitrogens is 1. The molecule has 0 aliphatic carbocycles. The van der Waals surface area contributed by atoms with Crippen LogP contribution in [0.5, 0.6) is 0 Å². The number of nitrogens with one attached hydrogen (secondary N) is 2. The Hall–Kier alpha value is -2.19. The van der Waals surface area contributed by atoms with Crippen LogP contribution in [-0.2, 0) is 20.4 Å². The highest BCUT2D eigenvalue weighted by molar-refractivity contribution is 7.89. The molecule has 1 heterocycles. The van der Waals surface area contributed by atoms with Gasteiger partial charge in [-0.05, 0) is 12.5 Å². The molecule has 2 rings (SSSR count). The van der Waals surface area contributed by atoms with Crippen LogP contribution in [0.2, 0.25) is 0 Å². The molecule has 106 valence electrons. The lowest BCUT2D eigenvalue weighted by Crippen LogP contribution is -2.49. The largest absolute Gasteiger partial charge is 0.480 e. The molecular weight excluding hydrogens is 282 g/mol. The molecule has 0 amide bonds. The molecular formula is C12H13N3O4S. The highest BCUT2D eigenvalue weighted by Gasteiger charge is 2.39. The molecule has 3 N–H and O–H groups in total. The van der Waals surface area contributed by atoms with Gasteiger partial charge >= 0.3 is 5.97 Å². The fourth-order valence-electron chi connectivity index (χ4n) is 1.71. The average Bonchev–Trinajstić information content (AvgIpc) is 2.93. The summed E-state index contributed by atoms with van der Waals surface area (Å²) in [7, 11) is -3.99. The number of carboxylic acids is 1. The van der Waals surface area contributed by atoms with E-state index in [0.717, 1.165) is 6.20 Å². The third kappa shape index (κ3) is 2.56. The first-order chi connectivity index (χ1) is 9.36. The van der Waals surface area contributed by atoms with Gasteiger partial charge in [-0.3, -0.25) is 5.10 Å². The Kier molecular flexibility index (Phi) is 3.60. The van der Waals surface area contributed by atoms with Gasteiger partial charge in [0.15, 0.2) is 5.54 Å². The van der Waals surface area contributed by atoms with Crippen LogP contribution in [0.3, 0.4) is 0 Å². The van der Waals surface area contributed by atoms with Crippen LogP contribution in [-0.4, -0.2) is 29.7 Å². The highest BCUT2D eigenvalue weighted by atomic mass is 32.2. The van der Waals surface area contributed by atoms with E-state index in [1.54, 1.807) is 30.3 Å². The van der Waals surface area contributed by atoms with E-state index in [1.165, 1.54) is 13.1 Å². The molecule has 1 aromatic heterocycles. The maximum atomic E-state index is 12.2. The second kappa shape index (κ2) is 5.06. The van der Waals surface area contributed by atoms with Crippen molar-refractivity contribution in [1.82, 2.24) is 14.9 Å². The molecule has 1 aromatic carbocycles. The first kappa shape index (κ1) is 14.2. The summed E-state index contributed by atoms with van der Waals surface area (Å²) in [5.74, 6) is -1.30. The molecule has 0 saturated carbocycles. The van der Waals surface area contributed by atoms with E-state index in [-0.39, 0.29) is 4.90 Å². The third-order valence-corrected chi connectivity index (χ3v) is 4.42. The fourth-order valence-corrected chi connectivity index (χ4v) is 2.97. The molecule has 1 atom stereocenters. The van der Waals surface area contributed by atoms with E-state index >= 15 is 0 Å². The predicted molar refractivity (Wildman–Crippen MR) is 70.3 cm³/mol. The van der Waals surface area contributed by atoms with Gasteiger partial charge < -0.3 is 5.11 Å². The fraction of sp³-hybridized carbons (Fsp3) is 0.167. The summed E-state index contributed by atoms with van der Waals surface area (Å²) in [5.41, 5.74) is -1.43. The summed E-state index contributed by atoms with van der Waals surface area (Å²) in [6.07, 6.45) is 2.28. The summed E-state index contributed by atoms with van der Waals surface area (Å²) in [6.45, 7) is 1.29. The first-order valence-corrected chi connectivity index (χ1v) is 7.16. The molecule has 0 aliphatic rings. The zero-order valence-corrected chi connectivity index (χ0v) is 11.4. The van der Waals surface area contributed by atoms with Crippen molar-refractivity contribution in [3.8, 4) is 0 Å². The molecule has 0 fully saturated rings. The van der Waals surface area contributed by atoms with Crippen LogP contribution in [0.15, 0.2) is 47.6 Å². The second-order valence-corrected chi connectivity index (χ2v) is 6.02. The number of aromatic amines is 1. The second-order valence-electron chi connectivity index (χ2n) is 4.34. The van der Waals surface area contributed by atoms with Crippen LogP contribution in [0.1, 0.15) is 12.5 Å². The maximum absolute atomic E-state index is 12.2.